The number of nitrogens with zero attached hydrogens (tertiary/aromatic N) is 6. The third-order valence-electron chi connectivity index (χ3n) is 7.50. The molecule has 1 atom stereocenters. The van der Waals surface area contributed by atoms with Crippen LogP contribution in [0.25, 0.3) is 0 Å². The molecule has 1 aromatic heterocycles. The number of tetrazole rings is 1. The van der Waals surface area contributed by atoms with E-state index in [-0.39, 0.29) is 17.5 Å². The van der Waals surface area contributed by atoms with E-state index in [0.717, 1.165) is 17.1 Å². The van der Waals surface area contributed by atoms with E-state index in [2.05, 4.69) is 63.5 Å². The first-order chi connectivity index (χ1) is 17.8. The van der Waals surface area contributed by atoms with Gasteiger partial charge in [-0.25, -0.2) is 4.68 Å². The van der Waals surface area contributed by atoms with Crippen LogP contribution in [0.4, 0.5) is 5.69 Å². The van der Waals surface area contributed by atoms with E-state index < -0.39 is 5.54 Å². The molecule has 0 saturated carbocycles. The molecule has 10 heteroatoms. The lowest BCUT2D eigenvalue weighted by atomic mass is 9.84. The van der Waals surface area contributed by atoms with Gasteiger partial charge in [-0.3, -0.25) is 9.69 Å². The van der Waals surface area contributed by atoms with Gasteiger partial charge in [0.25, 0.3) is 0 Å². The molecule has 2 fully saturated rings. The molecule has 1 unspecified atom stereocenters. The lowest BCUT2D eigenvalue weighted by Crippen LogP contribution is -2.57. The van der Waals surface area contributed by atoms with Gasteiger partial charge in [-0.1, -0.05) is 30.3 Å². The van der Waals surface area contributed by atoms with E-state index in [1.54, 1.807) is 14.2 Å². The first-order valence-electron chi connectivity index (χ1n) is 12.6. The number of methoxy groups -OCH3 is 2. The Morgan fingerprint density at radius 1 is 1.00 bits per heavy atom. The molecule has 2 saturated heterocycles. The fourth-order valence-electron chi connectivity index (χ4n) is 5.65. The molecule has 1 amide bonds. The third-order valence-corrected chi connectivity index (χ3v) is 7.50. The molecule has 1 N–H and O–H groups in total. The highest BCUT2D eigenvalue weighted by Gasteiger charge is 2.51. The van der Waals surface area contributed by atoms with Gasteiger partial charge in [0, 0.05) is 24.3 Å². The van der Waals surface area contributed by atoms with Gasteiger partial charge < -0.3 is 19.7 Å². The average molecular weight is 506 g/mol. The number of para-hydroxylation sites is 2. The topological polar surface area (TPSA) is 97.6 Å². The van der Waals surface area contributed by atoms with Crippen molar-refractivity contribution in [3.63, 3.8) is 0 Å². The minimum atomic E-state index is -0.586. The quantitative estimate of drug-likeness (QED) is 0.546. The van der Waals surface area contributed by atoms with Crippen molar-refractivity contribution >= 4 is 11.6 Å². The molecule has 3 heterocycles. The Kier molecular flexibility index (Phi) is 6.53. The fraction of sp³-hybridized carbons (Fsp3) is 0.481. The van der Waals surface area contributed by atoms with Gasteiger partial charge in [0.05, 0.1) is 26.4 Å². The second-order valence-corrected chi connectivity index (χ2v) is 10.6. The number of anilines is 1. The second kappa shape index (κ2) is 9.66. The van der Waals surface area contributed by atoms with E-state index in [9.17, 15) is 4.79 Å². The fourth-order valence-corrected chi connectivity index (χ4v) is 5.65. The molecule has 0 aliphatic carbocycles. The van der Waals surface area contributed by atoms with Crippen molar-refractivity contribution in [3.05, 3.63) is 59.9 Å². The highest BCUT2D eigenvalue weighted by atomic mass is 16.5. The molecule has 1 spiro atoms. The zero-order valence-electron chi connectivity index (χ0n) is 22.1. The zero-order valence-corrected chi connectivity index (χ0v) is 22.1. The summed E-state index contributed by atoms with van der Waals surface area (Å²) in [4.78, 5) is 17.8. The number of piperidine rings is 1. The number of nitrogens with one attached hydrogen (secondary N) is 1. The van der Waals surface area contributed by atoms with Crippen molar-refractivity contribution in [1.29, 1.82) is 0 Å². The van der Waals surface area contributed by atoms with Gasteiger partial charge in [0.2, 0.25) is 5.91 Å². The van der Waals surface area contributed by atoms with Gasteiger partial charge >= 0.3 is 0 Å². The number of ether oxygens (including phenoxy) is 2. The number of likely N-dealkylation sites (tertiary alicyclic amines) is 1. The van der Waals surface area contributed by atoms with Crippen LogP contribution in [0.15, 0.2) is 48.5 Å². The molecule has 2 aliphatic rings. The van der Waals surface area contributed by atoms with Crippen molar-refractivity contribution in [2.75, 3.05) is 38.9 Å². The highest BCUT2D eigenvalue weighted by Crippen LogP contribution is 2.43. The minimum Gasteiger partial charge on any atom is -0.493 e. The van der Waals surface area contributed by atoms with E-state index in [0.29, 0.717) is 44.1 Å². The van der Waals surface area contributed by atoms with Crippen LogP contribution in [0.2, 0.25) is 0 Å². The smallest absolute Gasteiger partial charge is 0.247 e. The monoisotopic (exact) mass is 505 g/mol. The standard InChI is InChI=1S/C27H35N7O3/c1-26(2,3)34-24(29-30-31-34)22(20-12-9-13-21(36-4)23(20)37-5)32-16-14-27(15-17-32)25(35)28-18-33(27)19-10-7-6-8-11-19/h6-13,22H,14-18H2,1-5H3,(H,28,35). The number of carbonyl (C=O) groups is 1. The summed E-state index contributed by atoms with van der Waals surface area (Å²) >= 11 is 0. The van der Waals surface area contributed by atoms with Gasteiger partial charge in [0.15, 0.2) is 17.3 Å². The summed E-state index contributed by atoms with van der Waals surface area (Å²) < 4.78 is 13.3. The van der Waals surface area contributed by atoms with Crippen LogP contribution in [-0.2, 0) is 10.3 Å². The van der Waals surface area contributed by atoms with Crippen molar-refractivity contribution in [1.82, 2.24) is 30.4 Å². The Hall–Kier alpha value is -3.66. The molecule has 0 bridgehead atoms. The second-order valence-electron chi connectivity index (χ2n) is 10.6. The number of benzene rings is 2. The normalized spacial score (nSPS) is 18.6. The van der Waals surface area contributed by atoms with Crippen LogP contribution in [0.5, 0.6) is 11.5 Å². The van der Waals surface area contributed by atoms with Crippen LogP contribution in [0.1, 0.15) is 51.0 Å². The first-order valence-corrected chi connectivity index (χ1v) is 12.6. The molecular weight excluding hydrogens is 470 g/mol. The molecular formula is C27H35N7O3. The Bertz CT molecular complexity index is 1250. The maximum Gasteiger partial charge on any atom is 0.247 e. The molecule has 5 rings (SSSR count). The maximum absolute atomic E-state index is 13.2. The van der Waals surface area contributed by atoms with Gasteiger partial charge in [-0.2, -0.15) is 0 Å². The highest BCUT2D eigenvalue weighted by molar-refractivity contribution is 5.93. The number of carbonyl (C=O) groups excluding carboxylic acids is 1. The van der Waals surface area contributed by atoms with Crippen LogP contribution in [-0.4, -0.2) is 70.5 Å². The molecule has 10 nitrogen and oxygen atoms in total. The van der Waals surface area contributed by atoms with Crippen LogP contribution < -0.4 is 19.7 Å². The molecule has 3 aromatic rings. The van der Waals surface area contributed by atoms with E-state index >= 15 is 0 Å². The first kappa shape index (κ1) is 25.0. The molecule has 2 aliphatic heterocycles. The lowest BCUT2D eigenvalue weighted by molar-refractivity contribution is -0.125. The predicted molar refractivity (Wildman–Crippen MR) is 140 cm³/mol. The van der Waals surface area contributed by atoms with Crippen molar-refractivity contribution < 1.29 is 14.3 Å². The summed E-state index contributed by atoms with van der Waals surface area (Å²) in [5, 5.41) is 16.0. The van der Waals surface area contributed by atoms with E-state index in [4.69, 9.17) is 9.47 Å². The van der Waals surface area contributed by atoms with Crippen molar-refractivity contribution in [2.24, 2.45) is 0 Å². The Balaban J connectivity index is 1.54. The van der Waals surface area contributed by atoms with Gasteiger partial charge in [-0.05, 0) is 62.2 Å². The molecule has 196 valence electrons. The number of hydrogen-bond acceptors (Lipinski definition) is 8. The van der Waals surface area contributed by atoms with Crippen LogP contribution in [0, 0.1) is 0 Å². The Labute approximate surface area is 217 Å². The number of hydrogen-bond donors (Lipinski definition) is 1. The molecule has 0 radical (unpaired) electrons. The molecule has 2 aromatic carbocycles. The summed E-state index contributed by atoms with van der Waals surface area (Å²) in [6.45, 7) is 8.12. The third kappa shape index (κ3) is 4.29. The van der Waals surface area contributed by atoms with Crippen LogP contribution in [0.3, 0.4) is 0 Å². The Morgan fingerprint density at radius 3 is 2.38 bits per heavy atom. The lowest BCUT2D eigenvalue weighted by Gasteiger charge is -2.45. The number of aromatic nitrogens is 4. The maximum atomic E-state index is 13.2. The minimum absolute atomic E-state index is 0.0889. The largest absolute Gasteiger partial charge is 0.493 e. The van der Waals surface area contributed by atoms with E-state index in [1.807, 2.05) is 41.1 Å². The van der Waals surface area contributed by atoms with Crippen molar-refractivity contribution in [3.8, 4) is 11.5 Å². The van der Waals surface area contributed by atoms with Gasteiger partial charge in [-0.15, -0.1) is 5.10 Å². The van der Waals surface area contributed by atoms with Crippen molar-refractivity contribution in [2.45, 2.75) is 50.7 Å². The van der Waals surface area contributed by atoms with Gasteiger partial charge in [0.1, 0.15) is 11.6 Å². The number of rotatable bonds is 6. The molecule has 37 heavy (non-hydrogen) atoms. The zero-order chi connectivity index (χ0) is 26.2. The summed E-state index contributed by atoms with van der Waals surface area (Å²) in [5.41, 5.74) is 1.07. The summed E-state index contributed by atoms with van der Waals surface area (Å²) in [5.74, 6) is 2.12. The SMILES string of the molecule is COc1cccc(C(c2nnnn2C(C)(C)C)N2CCC3(CC2)C(=O)NCN3c2ccccc2)c1OC. The van der Waals surface area contributed by atoms with Crippen LogP contribution >= 0.6 is 0 Å². The number of amides is 1. The predicted octanol–water partition coefficient (Wildman–Crippen LogP) is 2.96. The summed E-state index contributed by atoms with van der Waals surface area (Å²) in [7, 11) is 3.29. The average Bonchev–Trinajstić information content (AvgIpc) is 3.51. The van der Waals surface area contributed by atoms with E-state index in [1.165, 1.54) is 0 Å². The summed E-state index contributed by atoms with van der Waals surface area (Å²) in [6, 6.07) is 15.8. The summed E-state index contributed by atoms with van der Waals surface area (Å²) in [6.07, 6.45) is 1.35. The Morgan fingerprint density at radius 2 is 1.73 bits per heavy atom.